The van der Waals surface area contributed by atoms with Gasteiger partial charge in [0, 0.05) is 12.8 Å². The molecule has 0 saturated heterocycles. The van der Waals surface area contributed by atoms with Crippen LogP contribution in [0.4, 0.5) is 0 Å². The lowest BCUT2D eigenvalue weighted by molar-refractivity contribution is -0.870. The number of unbranched alkanes of at least 4 members (excludes halogenated alkanes) is 13. The molecule has 0 spiro atoms. The average molecular weight is 851 g/mol. The number of ether oxygens (including phenoxy) is 2. The number of likely N-dealkylation sites (N-methyl/N-ethyl adjacent to an activating group) is 1. The minimum atomic E-state index is -4.44. The molecule has 59 heavy (non-hydrogen) atoms. The summed E-state index contributed by atoms with van der Waals surface area (Å²) in [6, 6.07) is 0. The average Bonchev–Trinajstić information content (AvgIpc) is 3.18. The first kappa shape index (κ1) is 56.4. The Bertz CT molecular complexity index is 1250. The number of hydrogen-bond acceptors (Lipinski definition) is 8. The molecule has 0 aliphatic rings. The van der Waals surface area contributed by atoms with Crippen LogP contribution in [-0.2, 0) is 32.7 Å². The summed E-state index contributed by atoms with van der Waals surface area (Å²) in [5.74, 6) is -1.01. The number of aliphatic hydroxyl groups excluding tert-OH is 1. The number of esters is 2. The minimum Gasteiger partial charge on any atom is -0.462 e. The van der Waals surface area contributed by atoms with Crippen LogP contribution in [0.15, 0.2) is 72.9 Å². The molecule has 0 aliphatic heterocycles. The molecule has 0 fully saturated rings. The summed E-state index contributed by atoms with van der Waals surface area (Å²) in [6.07, 6.45) is 45.5. The maximum Gasteiger partial charge on any atom is 0.472 e. The summed E-state index contributed by atoms with van der Waals surface area (Å²) in [7, 11) is 1.34. The topological polar surface area (TPSA) is 129 Å². The van der Waals surface area contributed by atoms with E-state index in [-0.39, 0.29) is 26.1 Å². The normalized spacial score (nSPS) is 14.8. The van der Waals surface area contributed by atoms with Crippen molar-refractivity contribution >= 4 is 19.8 Å². The first-order valence-electron chi connectivity index (χ1n) is 22.8. The number of nitrogens with zero attached hydrogens (tertiary/aromatic N) is 1. The molecule has 0 bridgehead atoms. The van der Waals surface area contributed by atoms with Crippen molar-refractivity contribution in [3.63, 3.8) is 0 Å². The van der Waals surface area contributed by atoms with Crippen molar-refractivity contribution in [2.24, 2.45) is 0 Å². The second kappa shape index (κ2) is 39.5. The zero-order valence-corrected chi connectivity index (χ0v) is 38.7. The van der Waals surface area contributed by atoms with E-state index in [1.54, 1.807) is 12.2 Å². The smallest absolute Gasteiger partial charge is 0.462 e. The number of carbonyl (C=O) groups is 2. The summed E-state index contributed by atoms with van der Waals surface area (Å²) in [5, 5.41) is 10.3. The lowest BCUT2D eigenvalue weighted by atomic mass is 10.1. The quantitative estimate of drug-likeness (QED) is 0.0155. The van der Waals surface area contributed by atoms with Crippen LogP contribution in [0.3, 0.4) is 0 Å². The molecule has 2 unspecified atom stereocenters. The Morgan fingerprint density at radius 3 is 1.76 bits per heavy atom. The first-order chi connectivity index (χ1) is 28.4. The van der Waals surface area contributed by atoms with E-state index in [0.717, 1.165) is 51.4 Å². The minimum absolute atomic E-state index is 0.00601. The van der Waals surface area contributed by atoms with Crippen LogP contribution in [-0.4, -0.2) is 86.1 Å². The molecule has 0 aromatic carbocycles. The number of allylic oxidation sites excluding steroid dienone is 11. The Morgan fingerprint density at radius 2 is 1.17 bits per heavy atom. The highest BCUT2D eigenvalue weighted by Gasteiger charge is 2.27. The van der Waals surface area contributed by atoms with E-state index >= 15 is 0 Å². The molecule has 11 heteroatoms. The zero-order valence-electron chi connectivity index (χ0n) is 37.8. The van der Waals surface area contributed by atoms with Gasteiger partial charge in [0.05, 0.1) is 33.9 Å². The fraction of sp³-hybridized carbons (Fsp3) is 0.708. The summed E-state index contributed by atoms with van der Waals surface area (Å²) >= 11 is 0. The lowest BCUT2D eigenvalue weighted by Crippen LogP contribution is -2.37. The number of aliphatic hydroxyl groups is 1. The van der Waals surface area contributed by atoms with Crippen molar-refractivity contribution in [3.8, 4) is 0 Å². The number of phosphoric acid groups is 1. The Morgan fingerprint density at radius 1 is 0.627 bits per heavy atom. The van der Waals surface area contributed by atoms with Gasteiger partial charge in [0.1, 0.15) is 19.8 Å². The maximum atomic E-state index is 12.7. The fourth-order valence-electron chi connectivity index (χ4n) is 5.74. The molecular formula is C48H85NO9P+. The third-order valence-corrected chi connectivity index (χ3v) is 10.3. The van der Waals surface area contributed by atoms with Crippen LogP contribution in [0.25, 0.3) is 0 Å². The highest BCUT2D eigenvalue weighted by molar-refractivity contribution is 7.47. The van der Waals surface area contributed by atoms with Gasteiger partial charge in [-0.05, 0) is 70.6 Å². The van der Waals surface area contributed by atoms with Crippen molar-refractivity contribution in [3.05, 3.63) is 72.9 Å². The van der Waals surface area contributed by atoms with Crippen molar-refractivity contribution < 1.29 is 47.2 Å². The van der Waals surface area contributed by atoms with E-state index < -0.39 is 38.6 Å². The molecule has 0 saturated carbocycles. The van der Waals surface area contributed by atoms with Gasteiger partial charge in [-0.3, -0.25) is 18.6 Å². The maximum absolute atomic E-state index is 12.7. The molecule has 0 aromatic heterocycles. The van der Waals surface area contributed by atoms with Crippen LogP contribution in [0.2, 0.25) is 0 Å². The Labute approximate surface area is 360 Å². The van der Waals surface area contributed by atoms with Crippen LogP contribution < -0.4 is 0 Å². The zero-order chi connectivity index (χ0) is 43.7. The van der Waals surface area contributed by atoms with Gasteiger partial charge < -0.3 is 24.0 Å². The number of hydrogen-bond donors (Lipinski definition) is 2. The van der Waals surface area contributed by atoms with Gasteiger partial charge in [-0.2, -0.15) is 0 Å². The number of carbonyl (C=O) groups excluding carboxylic acids is 2. The highest BCUT2D eigenvalue weighted by Crippen LogP contribution is 2.43. The second-order valence-electron chi connectivity index (χ2n) is 16.2. The molecule has 0 amide bonds. The van der Waals surface area contributed by atoms with E-state index in [0.29, 0.717) is 30.3 Å². The van der Waals surface area contributed by atoms with E-state index in [1.807, 2.05) is 33.3 Å². The third-order valence-electron chi connectivity index (χ3n) is 9.32. The van der Waals surface area contributed by atoms with Gasteiger partial charge in [-0.15, -0.1) is 0 Å². The Balaban J connectivity index is 4.55. The molecule has 0 rings (SSSR count). The van der Waals surface area contributed by atoms with Crippen molar-refractivity contribution in [2.75, 3.05) is 47.5 Å². The monoisotopic (exact) mass is 851 g/mol. The Hall–Kier alpha value is -2.59. The van der Waals surface area contributed by atoms with Gasteiger partial charge in [-0.25, -0.2) is 4.57 Å². The van der Waals surface area contributed by atoms with Crippen LogP contribution >= 0.6 is 7.82 Å². The molecule has 2 N–H and O–H groups in total. The lowest BCUT2D eigenvalue weighted by Gasteiger charge is -2.24. The molecule has 340 valence electrons. The van der Waals surface area contributed by atoms with Crippen LogP contribution in [0, 0.1) is 0 Å². The largest absolute Gasteiger partial charge is 0.472 e. The highest BCUT2D eigenvalue weighted by atomic mass is 31.2. The van der Waals surface area contributed by atoms with Crippen molar-refractivity contribution in [1.29, 1.82) is 0 Å². The van der Waals surface area contributed by atoms with Crippen LogP contribution in [0.1, 0.15) is 162 Å². The van der Waals surface area contributed by atoms with Gasteiger partial charge in [-0.1, -0.05) is 151 Å². The fourth-order valence-corrected chi connectivity index (χ4v) is 6.48. The Kier molecular flexibility index (Phi) is 37.8. The van der Waals surface area contributed by atoms with E-state index in [9.17, 15) is 24.2 Å². The van der Waals surface area contributed by atoms with Crippen molar-refractivity contribution in [2.45, 2.75) is 174 Å². The van der Waals surface area contributed by atoms with Gasteiger partial charge in [0.2, 0.25) is 0 Å². The standard InChI is InChI=1S/C48H84NO9P/c1-6-8-10-12-14-16-18-20-21-22-23-25-27-29-31-33-35-39-47(51)55-43-46(44-57-59(53,54)56-42-41-49(3,4)5)58-48(52)40-36-38-45(50)37-34-32-30-28-26-24-19-17-15-13-11-9-7-2/h9,11,15,17,20-21,24,26,30,32,34,37,45-46,50H,6-8,10,12-14,16,18-19,22-23,25,27-29,31,33,35-36,38-44H2,1-5H3/p+1/b11-9-,17-15-,21-20-,26-24-,32-30-,37-34+/t45?,46-/m1/s1. The first-order valence-corrected chi connectivity index (χ1v) is 24.3. The third kappa shape index (κ3) is 43.3. The number of quaternary nitrogens is 1. The van der Waals surface area contributed by atoms with Crippen LogP contribution in [0.5, 0.6) is 0 Å². The van der Waals surface area contributed by atoms with Gasteiger partial charge in [0.25, 0.3) is 0 Å². The number of rotatable bonds is 40. The molecule has 0 heterocycles. The second-order valence-corrected chi connectivity index (χ2v) is 17.7. The molecular weight excluding hydrogens is 766 g/mol. The molecule has 0 aliphatic carbocycles. The molecule has 3 atom stereocenters. The van der Waals surface area contributed by atoms with Gasteiger partial charge in [0.15, 0.2) is 6.10 Å². The summed E-state index contributed by atoms with van der Waals surface area (Å²) in [5.41, 5.74) is 0. The number of phosphoric ester groups is 1. The van der Waals surface area contributed by atoms with E-state index in [1.165, 1.54) is 64.2 Å². The van der Waals surface area contributed by atoms with Gasteiger partial charge >= 0.3 is 19.8 Å². The predicted octanol–water partition coefficient (Wildman–Crippen LogP) is 12.0. The van der Waals surface area contributed by atoms with E-state index in [2.05, 4.69) is 62.5 Å². The van der Waals surface area contributed by atoms with E-state index in [4.69, 9.17) is 18.5 Å². The predicted molar refractivity (Wildman–Crippen MR) is 244 cm³/mol. The summed E-state index contributed by atoms with van der Waals surface area (Å²) in [6.45, 7) is 4.06. The van der Waals surface area contributed by atoms with Crippen molar-refractivity contribution in [1.82, 2.24) is 0 Å². The SMILES string of the molecule is CC/C=C\C/C=C\C/C=C\C/C=C\C=C\C(O)CCCC(=O)O[C@H](COC(=O)CCCCCCCCC/C=C\CCCCCCCC)COP(=O)(O)OCC[N+](C)(C)C. The molecule has 0 radical (unpaired) electrons. The summed E-state index contributed by atoms with van der Waals surface area (Å²) in [4.78, 5) is 35.4. The molecule has 10 nitrogen and oxygen atoms in total. The molecule has 0 aromatic rings. The summed E-state index contributed by atoms with van der Waals surface area (Å²) < 4.78 is 34.1.